The van der Waals surface area contributed by atoms with Crippen LogP contribution in [0, 0.1) is 0 Å². The summed E-state index contributed by atoms with van der Waals surface area (Å²) in [6, 6.07) is 0.107. The van der Waals surface area contributed by atoms with Gasteiger partial charge in [0.25, 0.3) is 5.56 Å². The van der Waals surface area contributed by atoms with Crippen molar-refractivity contribution < 1.29 is 9.90 Å². The van der Waals surface area contributed by atoms with Gasteiger partial charge in [-0.1, -0.05) is 0 Å². The molecule has 0 aliphatic heterocycles. The van der Waals surface area contributed by atoms with Gasteiger partial charge in [-0.3, -0.25) is 19.4 Å². The zero-order valence-corrected chi connectivity index (χ0v) is 9.37. The van der Waals surface area contributed by atoms with E-state index in [2.05, 4.69) is 5.10 Å². The van der Waals surface area contributed by atoms with Gasteiger partial charge in [0.15, 0.2) is 0 Å². The standard InChI is InChI=1S/C10H16N2O3/c1-6(2)12-5-7(8(13)11-12)10(3,4)9(14)15/h5-6H,1-4H3,(H,11,13)(H,14,15). The number of aliphatic carboxylic acids is 1. The Morgan fingerprint density at radius 3 is 2.40 bits per heavy atom. The van der Waals surface area contributed by atoms with Crippen LogP contribution in [-0.2, 0) is 10.2 Å². The van der Waals surface area contributed by atoms with Crippen LogP contribution in [0.4, 0.5) is 0 Å². The van der Waals surface area contributed by atoms with Crippen molar-refractivity contribution in [3.8, 4) is 0 Å². The number of nitrogens with one attached hydrogen (secondary N) is 1. The van der Waals surface area contributed by atoms with Crippen molar-refractivity contribution in [2.75, 3.05) is 0 Å². The van der Waals surface area contributed by atoms with Crippen LogP contribution in [-0.4, -0.2) is 20.9 Å². The number of carboxylic acids is 1. The monoisotopic (exact) mass is 212 g/mol. The molecule has 15 heavy (non-hydrogen) atoms. The number of hydrogen-bond acceptors (Lipinski definition) is 2. The van der Waals surface area contributed by atoms with Crippen LogP contribution in [0.25, 0.3) is 0 Å². The fourth-order valence-corrected chi connectivity index (χ4v) is 1.25. The van der Waals surface area contributed by atoms with Gasteiger partial charge < -0.3 is 5.11 Å². The lowest BCUT2D eigenvalue weighted by molar-refractivity contribution is -0.142. The van der Waals surface area contributed by atoms with Gasteiger partial charge in [-0.2, -0.15) is 0 Å². The van der Waals surface area contributed by atoms with Crippen LogP contribution >= 0.6 is 0 Å². The van der Waals surface area contributed by atoms with Crippen molar-refractivity contribution in [3.63, 3.8) is 0 Å². The highest BCUT2D eigenvalue weighted by molar-refractivity contribution is 5.79. The predicted molar refractivity (Wildman–Crippen MR) is 56.1 cm³/mol. The van der Waals surface area contributed by atoms with Crippen LogP contribution in [0.5, 0.6) is 0 Å². The summed E-state index contributed by atoms with van der Waals surface area (Å²) < 4.78 is 1.61. The third kappa shape index (κ3) is 1.95. The van der Waals surface area contributed by atoms with Gasteiger partial charge in [0, 0.05) is 12.2 Å². The zero-order chi connectivity index (χ0) is 11.8. The molecular weight excluding hydrogens is 196 g/mol. The molecule has 0 amide bonds. The Morgan fingerprint density at radius 2 is 2.07 bits per heavy atom. The largest absolute Gasteiger partial charge is 0.481 e. The highest BCUT2D eigenvalue weighted by Crippen LogP contribution is 2.20. The third-order valence-electron chi connectivity index (χ3n) is 2.51. The molecule has 84 valence electrons. The highest BCUT2D eigenvalue weighted by Gasteiger charge is 2.33. The molecule has 0 aromatic carbocycles. The van der Waals surface area contributed by atoms with E-state index in [0.717, 1.165) is 0 Å². The summed E-state index contributed by atoms with van der Waals surface area (Å²) in [5, 5.41) is 11.6. The van der Waals surface area contributed by atoms with E-state index in [4.69, 9.17) is 5.11 Å². The number of hydrogen-bond donors (Lipinski definition) is 2. The molecule has 0 unspecified atom stereocenters. The molecule has 0 aliphatic rings. The first-order valence-corrected chi connectivity index (χ1v) is 4.82. The molecule has 0 fully saturated rings. The first-order chi connectivity index (χ1) is 6.76. The van der Waals surface area contributed by atoms with Gasteiger partial charge in [0.2, 0.25) is 0 Å². The van der Waals surface area contributed by atoms with Crippen molar-refractivity contribution in [1.82, 2.24) is 9.78 Å². The number of carbonyl (C=O) groups is 1. The normalized spacial score (nSPS) is 12.1. The highest BCUT2D eigenvalue weighted by atomic mass is 16.4. The van der Waals surface area contributed by atoms with Crippen molar-refractivity contribution in [3.05, 3.63) is 22.1 Å². The molecule has 5 nitrogen and oxygen atoms in total. The lowest BCUT2D eigenvalue weighted by atomic mass is 9.87. The minimum Gasteiger partial charge on any atom is -0.481 e. The Bertz CT molecular complexity index is 426. The van der Waals surface area contributed by atoms with E-state index < -0.39 is 11.4 Å². The second-order valence-electron chi connectivity index (χ2n) is 4.41. The van der Waals surface area contributed by atoms with Crippen LogP contribution in [0.2, 0.25) is 0 Å². The van der Waals surface area contributed by atoms with E-state index in [0.29, 0.717) is 0 Å². The van der Waals surface area contributed by atoms with Crippen LogP contribution < -0.4 is 5.56 Å². The van der Waals surface area contributed by atoms with E-state index in [1.165, 1.54) is 13.8 Å². The van der Waals surface area contributed by atoms with Gasteiger partial charge in [-0.05, 0) is 27.7 Å². The van der Waals surface area contributed by atoms with Crippen LogP contribution in [0.15, 0.2) is 11.0 Å². The molecule has 1 aromatic heterocycles. The number of rotatable bonds is 3. The Labute approximate surface area is 87.7 Å². The Hall–Kier alpha value is -1.52. The maximum Gasteiger partial charge on any atom is 0.313 e. The SMILES string of the molecule is CC(C)n1cc(C(C)(C)C(=O)O)c(=O)[nH]1. The van der Waals surface area contributed by atoms with Crippen molar-refractivity contribution in [1.29, 1.82) is 0 Å². The molecule has 1 rings (SSSR count). The second-order valence-corrected chi connectivity index (χ2v) is 4.41. The Balaban J connectivity index is 3.27. The molecule has 1 heterocycles. The minimum atomic E-state index is -1.16. The molecule has 0 atom stereocenters. The van der Waals surface area contributed by atoms with Crippen molar-refractivity contribution in [2.24, 2.45) is 0 Å². The maximum absolute atomic E-state index is 11.6. The van der Waals surface area contributed by atoms with E-state index in [-0.39, 0.29) is 17.2 Å². The summed E-state index contributed by atoms with van der Waals surface area (Å²) in [6.07, 6.45) is 1.57. The summed E-state index contributed by atoms with van der Waals surface area (Å²) in [5.74, 6) is -1.01. The quantitative estimate of drug-likeness (QED) is 0.788. The number of H-pyrrole nitrogens is 1. The van der Waals surface area contributed by atoms with Crippen LogP contribution in [0.1, 0.15) is 39.3 Å². The number of carboxylic acid groups (broad SMARTS) is 1. The lowest BCUT2D eigenvalue weighted by Gasteiger charge is -2.15. The number of aromatic amines is 1. The number of aromatic nitrogens is 2. The lowest BCUT2D eigenvalue weighted by Crippen LogP contribution is -2.32. The Kier molecular flexibility index (Phi) is 2.75. The molecule has 0 saturated heterocycles. The maximum atomic E-state index is 11.6. The average Bonchev–Trinajstić information content (AvgIpc) is 2.47. The molecular formula is C10H16N2O3. The summed E-state index contributed by atoms with van der Waals surface area (Å²) >= 11 is 0. The first-order valence-electron chi connectivity index (χ1n) is 4.82. The van der Waals surface area contributed by atoms with Crippen molar-refractivity contribution in [2.45, 2.75) is 39.2 Å². The van der Waals surface area contributed by atoms with Crippen LogP contribution in [0.3, 0.4) is 0 Å². The van der Waals surface area contributed by atoms with E-state index >= 15 is 0 Å². The van der Waals surface area contributed by atoms with Gasteiger partial charge in [-0.15, -0.1) is 0 Å². The molecule has 0 bridgehead atoms. The molecule has 5 heteroatoms. The van der Waals surface area contributed by atoms with Crippen molar-refractivity contribution >= 4 is 5.97 Å². The topological polar surface area (TPSA) is 75.1 Å². The predicted octanol–water partition coefficient (Wildman–Crippen LogP) is 1.12. The zero-order valence-electron chi connectivity index (χ0n) is 9.37. The molecule has 0 radical (unpaired) electrons. The third-order valence-corrected chi connectivity index (χ3v) is 2.51. The van der Waals surface area contributed by atoms with E-state index in [9.17, 15) is 9.59 Å². The van der Waals surface area contributed by atoms with E-state index in [1.54, 1.807) is 10.9 Å². The summed E-state index contributed by atoms with van der Waals surface area (Å²) in [5.41, 5.74) is -1.21. The molecule has 0 spiro atoms. The summed E-state index contributed by atoms with van der Waals surface area (Å²) in [7, 11) is 0. The fraction of sp³-hybridized carbons (Fsp3) is 0.600. The molecule has 1 aromatic rings. The fourth-order valence-electron chi connectivity index (χ4n) is 1.25. The smallest absolute Gasteiger partial charge is 0.313 e. The molecule has 0 saturated carbocycles. The molecule has 0 aliphatic carbocycles. The van der Waals surface area contributed by atoms with E-state index in [1.807, 2.05) is 13.8 Å². The van der Waals surface area contributed by atoms with Gasteiger partial charge in [-0.25, -0.2) is 0 Å². The summed E-state index contributed by atoms with van der Waals surface area (Å²) in [6.45, 7) is 6.86. The molecule has 2 N–H and O–H groups in total. The number of nitrogens with zero attached hydrogens (tertiary/aromatic N) is 1. The summed E-state index contributed by atoms with van der Waals surface area (Å²) in [4.78, 5) is 22.5. The van der Waals surface area contributed by atoms with Gasteiger partial charge >= 0.3 is 5.97 Å². The first kappa shape index (κ1) is 11.6. The Morgan fingerprint density at radius 1 is 1.53 bits per heavy atom. The van der Waals surface area contributed by atoms with Gasteiger partial charge in [0.1, 0.15) is 0 Å². The average molecular weight is 212 g/mol. The second kappa shape index (κ2) is 3.56. The van der Waals surface area contributed by atoms with Gasteiger partial charge in [0.05, 0.1) is 11.0 Å². The minimum absolute atomic E-state index is 0.107.